The number of hydrogen-bond acceptors (Lipinski definition) is 2. The molecular formula is C16H26O2. The Kier molecular flexibility index (Phi) is 7.51. The molecule has 0 spiro atoms. The highest BCUT2D eigenvalue weighted by Crippen LogP contribution is 2.17. The highest BCUT2D eigenvalue weighted by molar-refractivity contribution is 5.28. The molecule has 0 aliphatic heterocycles. The van der Waals surface area contributed by atoms with Gasteiger partial charge in [-0.15, -0.1) is 0 Å². The van der Waals surface area contributed by atoms with Crippen molar-refractivity contribution in [1.29, 1.82) is 0 Å². The predicted molar refractivity (Wildman–Crippen MR) is 75.9 cm³/mol. The minimum atomic E-state index is -0.405. The number of aliphatic hydroxyl groups excluding tert-OH is 1. The third-order valence-corrected chi connectivity index (χ3v) is 3.13. The van der Waals surface area contributed by atoms with Crippen LogP contribution >= 0.6 is 0 Å². The van der Waals surface area contributed by atoms with Gasteiger partial charge >= 0.3 is 0 Å². The molecular weight excluding hydrogens is 224 g/mol. The van der Waals surface area contributed by atoms with E-state index in [0.29, 0.717) is 0 Å². The Balaban J connectivity index is 2.12. The van der Waals surface area contributed by atoms with Gasteiger partial charge in [-0.05, 0) is 31.0 Å². The van der Waals surface area contributed by atoms with E-state index in [0.717, 1.165) is 24.3 Å². The molecule has 0 aliphatic rings. The second-order valence-corrected chi connectivity index (χ2v) is 4.86. The van der Waals surface area contributed by atoms with Crippen molar-refractivity contribution >= 4 is 0 Å². The first-order chi connectivity index (χ1) is 8.74. The summed E-state index contributed by atoms with van der Waals surface area (Å²) < 4.78 is 5.67. The summed E-state index contributed by atoms with van der Waals surface area (Å²) in [6.45, 7) is 4.80. The van der Waals surface area contributed by atoms with E-state index in [-0.39, 0.29) is 0 Å². The summed E-state index contributed by atoms with van der Waals surface area (Å²) in [5.41, 5.74) is 0.932. The SMILES string of the molecule is CCCCCCCCOc1ccc([C@H](C)O)cc1. The lowest BCUT2D eigenvalue weighted by atomic mass is 10.1. The summed E-state index contributed by atoms with van der Waals surface area (Å²) >= 11 is 0. The van der Waals surface area contributed by atoms with Crippen LogP contribution in [-0.2, 0) is 0 Å². The Morgan fingerprint density at radius 1 is 1.00 bits per heavy atom. The van der Waals surface area contributed by atoms with Crippen LogP contribution in [0.15, 0.2) is 24.3 Å². The minimum Gasteiger partial charge on any atom is -0.494 e. The molecule has 0 fully saturated rings. The molecule has 0 aromatic heterocycles. The fourth-order valence-corrected chi connectivity index (χ4v) is 1.91. The molecule has 0 aliphatic carbocycles. The third kappa shape index (κ3) is 6.06. The van der Waals surface area contributed by atoms with Gasteiger partial charge in [-0.3, -0.25) is 0 Å². The van der Waals surface area contributed by atoms with Crippen LogP contribution in [0.25, 0.3) is 0 Å². The first-order valence-electron chi connectivity index (χ1n) is 7.15. The monoisotopic (exact) mass is 250 g/mol. The van der Waals surface area contributed by atoms with Crippen molar-refractivity contribution in [3.8, 4) is 5.75 Å². The smallest absolute Gasteiger partial charge is 0.119 e. The van der Waals surface area contributed by atoms with Gasteiger partial charge in [0, 0.05) is 0 Å². The van der Waals surface area contributed by atoms with Crippen LogP contribution in [-0.4, -0.2) is 11.7 Å². The van der Waals surface area contributed by atoms with Crippen molar-refractivity contribution in [2.45, 2.75) is 58.5 Å². The van der Waals surface area contributed by atoms with Gasteiger partial charge in [-0.2, -0.15) is 0 Å². The van der Waals surface area contributed by atoms with Crippen LogP contribution in [0.1, 0.15) is 64.0 Å². The molecule has 0 bridgehead atoms. The molecule has 0 saturated heterocycles. The van der Waals surface area contributed by atoms with Crippen LogP contribution in [0, 0.1) is 0 Å². The Morgan fingerprint density at radius 3 is 2.22 bits per heavy atom. The Hall–Kier alpha value is -1.02. The zero-order valence-electron chi connectivity index (χ0n) is 11.7. The quantitative estimate of drug-likeness (QED) is 0.655. The molecule has 1 aromatic rings. The van der Waals surface area contributed by atoms with Crippen LogP contribution in [0.3, 0.4) is 0 Å². The van der Waals surface area contributed by atoms with E-state index >= 15 is 0 Å². The van der Waals surface area contributed by atoms with E-state index in [1.165, 1.54) is 32.1 Å². The van der Waals surface area contributed by atoms with E-state index in [1.807, 2.05) is 24.3 Å². The van der Waals surface area contributed by atoms with Crippen molar-refractivity contribution in [3.05, 3.63) is 29.8 Å². The fraction of sp³-hybridized carbons (Fsp3) is 0.625. The number of ether oxygens (including phenoxy) is 1. The van der Waals surface area contributed by atoms with Crippen molar-refractivity contribution < 1.29 is 9.84 Å². The number of rotatable bonds is 9. The molecule has 1 rings (SSSR count). The zero-order chi connectivity index (χ0) is 13.2. The summed E-state index contributed by atoms with van der Waals surface area (Å²) in [7, 11) is 0. The maximum absolute atomic E-state index is 9.39. The Labute approximate surface area is 111 Å². The van der Waals surface area contributed by atoms with Crippen LogP contribution in [0.5, 0.6) is 5.75 Å². The molecule has 1 aromatic carbocycles. The van der Waals surface area contributed by atoms with Gasteiger partial charge in [-0.25, -0.2) is 0 Å². The maximum atomic E-state index is 9.39. The summed E-state index contributed by atoms with van der Waals surface area (Å²) in [5.74, 6) is 0.896. The Morgan fingerprint density at radius 2 is 1.61 bits per heavy atom. The van der Waals surface area contributed by atoms with Crippen molar-refractivity contribution in [1.82, 2.24) is 0 Å². The van der Waals surface area contributed by atoms with Crippen LogP contribution in [0.4, 0.5) is 0 Å². The van der Waals surface area contributed by atoms with Crippen LogP contribution in [0.2, 0.25) is 0 Å². The molecule has 1 atom stereocenters. The van der Waals surface area contributed by atoms with Crippen LogP contribution < -0.4 is 4.74 Å². The lowest BCUT2D eigenvalue weighted by Crippen LogP contribution is -1.98. The van der Waals surface area contributed by atoms with E-state index in [2.05, 4.69) is 6.92 Å². The second kappa shape index (κ2) is 8.98. The molecule has 2 nitrogen and oxygen atoms in total. The molecule has 2 heteroatoms. The first kappa shape index (κ1) is 15.0. The lowest BCUT2D eigenvalue weighted by Gasteiger charge is -2.08. The first-order valence-corrected chi connectivity index (χ1v) is 7.15. The highest BCUT2D eigenvalue weighted by atomic mass is 16.5. The molecule has 0 unspecified atom stereocenters. The number of aliphatic hydroxyl groups is 1. The molecule has 0 radical (unpaired) electrons. The summed E-state index contributed by atoms with van der Waals surface area (Å²) in [4.78, 5) is 0. The average Bonchev–Trinajstić information content (AvgIpc) is 2.38. The Bertz CT molecular complexity index is 303. The van der Waals surface area contributed by atoms with E-state index < -0.39 is 6.10 Å². The van der Waals surface area contributed by atoms with Gasteiger partial charge in [0.1, 0.15) is 5.75 Å². The van der Waals surface area contributed by atoms with Gasteiger partial charge in [0.15, 0.2) is 0 Å². The topological polar surface area (TPSA) is 29.5 Å². The molecule has 18 heavy (non-hydrogen) atoms. The molecule has 1 N–H and O–H groups in total. The van der Waals surface area contributed by atoms with E-state index in [4.69, 9.17) is 4.74 Å². The maximum Gasteiger partial charge on any atom is 0.119 e. The van der Waals surface area contributed by atoms with Gasteiger partial charge in [0.05, 0.1) is 12.7 Å². The van der Waals surface area contributed by atoms with Crippen molar-refractivity contribution in [2.24, 2.45) is 0 Å². The molecule has 0 heterocycles. The summed E-state index contributed by atoms with van der Waals surface area (Å²) in [6.07, 6.45) is 7.29. The summed E-state index contributed by atoms with van der Waals surface area (Å²) in [6, 6.07) is 7.70. The second-order valence-electron chi connectivity index (χ2n) is 4.86. The standard InChI is InChI=1S/C16H26O2/c1-3-4-5-6-7-8-13-18-16-11-9-15(10-12-16)14(2)17/h9-12,14,17H,3-8,13H2,1-2H3/t14-/m0/s1. The van der Waals surface area contributed by atoms with Crippen molar-refractivity contribution in [3.63, 3.8) is 0 Å². The van der Waals surface area contributed by atoms with Gasteiger partial charge in [0.2, 0.25) is 0 Å². The van der Waals surface area contributed by atoms with E-state index in [9.17, 15) is 5.11 Å². The third-order valence-electron chi connectivity index (χ3n) is 3.13. The molecule has 0 amide bonds. The normalized spacial score (nSPS) is 12.4. The van der Waals surface area contributed by atoms with Crippen molar-refractivity contribution in [2.75, 3.05) is 6.61 Å². The molecule has 0 saturated carbocycles. The zero-order valence-corrected chi connectivity index (χ0v) is 11.7. The fourth-order valence-electron chi connectivity index (χ4n) is 1.91. The molecule has 102 valence electrons. The van der Waals surface area contributed by atoms with E-state index in [1.54, 1.807) is 6.92 Å². The highest BCUT2D eigenvalue weighted by Gasteiger charge is 2.00. The van der Waals surface area contributed by atoms with Gasteiger partial charge in [-0.1, -0.05) is 51.2 Å². The number of unbranched alkanes of at least 4 members (excludes halogenated alkanes) is 5. The van der Waals surface area contributed by atoms with Gasteiger partial charge < -0.3 is 9.84 Å². The number of hydrogen-bond donors (Lipinski definition) is 1. The largest absolute Gasteiger partial charge is 0.494 e. The average molecular weight is 250 g/mol. The summed E-state index contributed by atoms with van der Waals surface area (Å²) in [5, 5.41) is 9.39. The number of benzene rings is 1. The van der Waals surface area contributed by atoms with Gasteiger partial charge in [0.25, 0.3) is 0 Å². The minimum absolute atomic E-state index is 0.405. The lowest BCUT2D eigenvalue weighted by molar-refractivity contribution is 0.199. The predicted octanol–water partition coefficient (Wildman–Crippen LogP) is 4.48.